The normalized spacial score (nSPS) is 23.7. The number of hydrogen-bond donors (Lipinski definition) is 3. The predicted octanol–water partition coefficient (Wildman–Crippen LogP) is 1.05. The molecule has 154 valence electrons. The van der Waals surface area contributed by atoms with Crippen molar-refractivity contribution in [3.8, 4) is 0 Å². The van der Waals surface area contributed by atoms with Crippen LogP contribution in [0.25, 0.3) is 0 Å². The number of nitrogens with one attached hydrogen (secondary N) is 3. The molecule has 0 aromatic heterocycles. The summed E-state index contributed by atoms with van der Waals surface area (Å²) in [4.78, 5) is 22.6. The maximum atomic E-state index is 11.9. The molecule has 27 heavy (non-hydrogen) atoms. The molecule has 2 heterocycles. The Bertz CT molecular complexity index is 503. The quantitative estimate of drug-likeness (QED) is 0.401. The zero-order chi connectivity index (χ0) is 19.5. The minimum Gasteiger partial charge on any atom is -0.385 e. The molecule has 3 atom stereocenters. The molecule has 0 bridgehead atoms. The summed E-state index contributed by atoms with van der Waals surface area (Å²) in [6.45, 7) is 8.48. The number of rotatable bonds is 13. The first kappa shape index (κ1) is 22.0. The molecule has 2 amide bonds. The van der Waals surface area contributed by atoms with Gasteiger partial charge in [0.25, 0.3) is 0 Å². The van der Waals surface area contributed by atoms with Gasteiger partial charge in [0.1, 0.15) is 0 Å². The maximum Gasteiger partial charge on any atom is 0.220 e. The Morgan fingerprint density at radius 1 is 1.19 bits per heavy atom. The van der Waals surface area contributed by atoms with E-state index in [-0.39, 0.29) is 11.8 Å². The fourth-order valence-corrected chi connectivity index (χ4v) is 5.15. The first-order valence-corrected chi connectivity index (χ1v) is 10.8. The van der Waals surface area contributed by atoms with Gasteiger partial charge in [-0.25, -0.2) is 0 Å². The van der Waals surface area contributed by atoms with Crippen LogP contribution in [0.4, 0.5) is 0 Å². The summed E-state index contributed by atoms with van der Waals surface area (Å²) in [7, 11) is 0. The van der Waals surface area contributed by atoms with E-state index in [2.05, 4.69) is 22.5 Å². The number of hydrogen-bond acceptors (Lipinski definition) is 6. The third-order valence-electron chi connectivity index (χ3n) is 4.81. The molecule has 2 rings (SSSR count). The monoisotopic (exact) mass is 399 g/mol. The molecule has 2 saturated heterocycles. The van der Waals surface area contributed by atoms with E-state index in [9.17, 15) is 9.59 Å². The van der Waals surface area contributed by atoms with E-state index >= 15 is 0 Å². The smallest absolute Gasteiger partial charge is 0.220 e. The van der Waals surface area contributed by atoms with Gasteiger partial charge in [0.2, 0.25) is 11.8 Å². The number of allylic oxidation sites excluding steroid dienone is 1. The molecule has 0 radical (unpaired) electrons. The Morgan fingerprint density at radius 2 is 1.89 bits per heavy atom. The van der Waals surface area contributed by atoms with Crippen molar-refractivity contribution >= 4 is 23.6 Å². The maximum absolute atomic E-state index is 11.9. The lowest BCUT2D eigenvalue weighted by atomic mass is 9.94. The van der Waals surface area contributed by atoms with E-state index in [1.807, 2.05) is 11.8 Å². The second-order valence-corrected chi connectivity index (χ2v) is 8.32. The molecule has 2 fully saturated rings. The van der Waals surface area contributed by atoms with Crippen LogP contribution >= 0.6 is 11.8 Å². The molecule has 0 aromatic rings. The standard InChI is InChI=1S/C19H33N3O4S/c1-14-12-16-17(22-14)13-27-18(16)4-3-5-19(24)21-7-9-26-11-10-25-8-6-20-15(2)23/h16-18,22H,1,3-13H2,2H3,(H,20,23)(H,21,24). The zero-order valence-corrected chi connectivity index (χ0v) is 17.1. The minimum atomic E-state index is -0.0572. The van der Waals surface area contributed by atoms with Gasteiger partial charge in [0, 0.05) is 49.2 Å². The Hall–Kier alpha value is -1.25. The lowest BCUT2D eigenvalue weighted by molar-refractivity contribution is -0.121. The third-order valence-corrected chi connectivity index (χ3v) is 6.37. The third kappa shape index (κ3) is 8.53. The summed E-state index contributed by atoms with van der Waals surface area (Å²) in [5.74, 6) is 1.89. The van der Waals surface area contributed by atoms with Crippen LogP contribution in [0, 0.1) is 5.92 Å². The molecule has 7 nitrogen and oxygen atoms in total. The van der Waals surface area contributed by atoms with E-state index in [0.29, 0.717) is 63.1 Å². The van der Waals surface area contributed by atoms with E-state index in [1.54, 1.807) is 0 Å². The van der Waals surface area contributed by atoms with Crippen LogP contribution in [-0.4, -0.2) is 68.4 Å². The average molecular weight is 400 g/mol. The predicted molar refractivity (Wildman–Crippen MR) is 108 cm³/mol. The largest absolute Gasteiger partial charge is 0.385 e. The van der Waals surface area contributed by atoms with Crippen molar-refractivity contribution in [3.05, 3.63) is 12.3 Å². The van der Waals surface area contributed by atoms with Gasteiger partial charge < -0.3 is 25.4 Å². The highest BCUT2D eigenvalue weighted by molar-refractivity contribution is 8.00. The van der Waals surface area contributed by atoms with Gasteiger partial charge in [-0.05, 0) is 25.2 Å². The molecular formula is C19H33N3O4S. The number of fused-ring (bicyclic) bond motifs is 1. The van der Waals surface area contributed by atoms with Gasteiger partial charge in [-0.3, -0.25) is 9.59 Å². The van der Waals surface area contributed by atoms with Crippen LogP contribution in [0.2, 0.25) is 0 Å². The van der Waals surface area contributed by atoms with Crippen molar-refractivity contribution < 1.29 is 19.1 Å². The lowest BCUT2D eigenvalue weighted by Crippen LogP contribution is -2.28. The summed E-state index contributed by atoms with van der Waals surface area (Å²) < 4.78 is 10.7. The summed E-state index contributed by atoms with van der Waals surface area (Å²) >= 11 is 2.04. The second kappa shape index (κ2) is 12.3. The topological polar surface area (TPSA) is 88.7 Å². The fraction of sp³-hybridized carbons (Fsp3) is 0.789. The van der Waals surface area contributed by atoms with Crippen LogP contribution in [0.1, 0.15) is 32.6 Å². The second-order valence-electron chi connectivity index (χ2n) is 7.04. The van der Waals surface area contributed by atoms with Crippen molar-refractivity contribution in [2.45, 2.75) is 43.9 Å². The lowest BCUT2D eigenvalue weighted by Gasteiger charge is -2.16. The number of amides is 2. The molecule has 0 spiro atoms. The first-order chi connectivity index (χ1) is 13.1. The van der Waals surface area contributed by atoms with Crippen molar-refractivity contribution in [3.63, 3.8) is 0 Å². The first-order valence-electron chi connectivity index (χ1n) is 9.79. The SMILES string of the molecule is C=C1CC2C(CSC2CCCC(=O)NCCOCCOCCNC(C)=O)N1. The van der Waals surface area contributed by atoms with E-state index < -0.39 is 0 Å². The van der Waals surface area contributed by atoms with Gasteiger partial charge in [0.15, 0.2) is 0 Å². The average Bonchev–Trinajstić information content (AvgIpc) is 3.16. The molecule has 2 aliphatic heterocycles. The van der Waals surface area contributed by atoms with E-state index in [0.717, 1.165) is 25.0 Å². The van der Waals surface area contributed by atoms with E-state index in [4.69, 9.17) is 9.47 Å². The summed E-state index contributed by atoms with van der Waals surface area (Å²) in [5.41, 5.74) is 1.17. The van der Waals surface area contributed by atoms with Crippen molar-refractivity contribution in [2.75, 3.05) is 45.3 Å². The molecule has 0 saturated carbocycles. The van der Waals surface area contributed by atoms with Crippen LogP contribution in [0.3, 0.4) is 0 Å². The summed E-state index contributed by atoms with van der Waals surface area (Å²) in [6, 6.07) is 0.591. The number of thioether (sulfide) groups is 1. The van der Waals surface area contributed by atoms with Crippen LogP contribution in [-0.2, 0) is 19.1 Å². The van der Waals surface area contributed by atoms with Gasteiger partial charge in [-0.1, -0.05) is 6.58 Å². The number of carbonyl (C=O) groups excluding carboxylic acids is 2. The highest BCUT2D eigenvalue weighted by atomic mass is 32.2. The van der Waals surface area contributed by atoms with Gasteiger partial charge in [0.05, 0.1) is 26.4 Å². The Kier molecular flexibility index (Phi) is 10.0. The summed E-state index contributed by atoms with van der Waals surface area (Å²) in [5, 5.41) is 9.69. The Labute approximate surface area is 166 Å². The van der Waals surface area contributed by atoms with Gasteiger partial charge >= 0.3 is 0 Å². The molecule has 8 heteroatoms. The van der Waals surface area contributed by atoms with E-state index in [1.165, 1.54) is 12.6 Å². The number of ether oxygens (including phenoxy) is 2. The molecular weight excluding hydrogens is 366 g/mol. The van der Waals surface area contributed by atoms with Crippen molar-refractivity contribution in [1.82, 2.24) is 16.0 Å². The Morgan fingerprint density at radius 3 is 2.59 bits per heavy atom. The van der Waals surface area contributed by atoms with Crippen molar-refractivity contribution in [2.24, 2.45) is 5.92 Å². The molecule has 0 aromatic carbocycles. The molecule has 3 N–H and O–H groups in total. The van der Waals surface area contributed by atoms with Crippen LogP contribution in [0.5, 0.6) is 0 Å². The fourth-order valence-electron chi connectivity index (χ4n) is 3.50. The highest BCUT2D eigenvalue weighted by Crippen LogP contribution is 2.42. The minimum absolute atomic E-state index is 0.0572. The van der Waals surface area contributed by atoms with Crippen molar-refractivity contribution in [1.29, 1.82) is 0 Å². The highest BCUT2D eigenvalue weighted by Gasteiger charge is 2.40. The van der Waals surface area contributed by atoms with Crippen LogP contribution in [0.15, 0.2) is 12.3 Å². The molecule has 3 unspecified atom stereocenters. The number of carbonyl (C=O) groups is 2. The zero-order valence-electron chi connectivity index (χ0n) is 16.3. The molecule has 0 aliphatic carbocycles. The van der Waals surface area contributed by atoms with Crippen LogP contribution < -0.4 is 16.0 Å². The Balaban J connectivity index is 1.38. The van der Waals surface area contributed by atoms with Gasteiger partial charge in [-0.15, -0.1) is 0 Å². The van der Waals surface area contributed by atoms with Gasteiger partial charge in [-0.2, -0.15) is 11.8 Å². The molecule has 2 aliphatic rings. The summed E-state index contributed by atoms with van der Waals surface area (Å²) in [6.07, 6.45) is 3.70.